The number of nitrogens with zero attached hydrogens (tertiary/aromatic N) is 8. The van der Waals surface area contributed by atoms with E-state index in [2.05, 4.69) is 25.7 Å². The summed E-state index contributed by atoms with van der Waals surface area (Å²) >= 11 is 0. The third kappa shape index (κ3) is 3.61. The number of amides is 1. The Kier molecular flexibility index (Phi) is 4.67. The number of hydrogen-bond acceptors (Lipinski definition) is 6. The molecule has 0 atom stereocenters. The standard InChI is InChI=1S/C17H20N8O/c26-17(11-24-12-19-21-22-24)23-8-6-14(7-9-23)10-16-20-18-13-25(16)15-4-2-1-3-5-15/h1-5,12-14H,6-11H2. The van der Waals surface area contributed by atoms with Crippen LogP contribution in [0.2, 0.25) is 0 Å². The SMILES string of the molecule is O=C(Cn1cnnn1)N1CCC(Cc2nncn2-c2ccccc2)CC1. The second-order valence-electron chi connectivity index (χ2n) is 6.49. The van der Waals surface area contributed by atoms with E-state index in [4.69, 9.17) is 0 Å². The predicted octanol–water partition coefficient (Wildman–Crippen LogP) is 0.735. The number of carbonyl (C=O) groups is 1. The Morgan fingerprint density at radius 3 is 2.62 bits per heavy atom. The second kappa shape index (κ2) is 7.42. The van der Waals surface area contributed by atoms with Crippen LogP contribution >= 0.6 is 0 Å². The molecule has 0 N–H and O–H groups in total. The molecule has 1 aliphatic heterocycles. The average Bonchev–Trinajstić information content (AvgIpc) is 3.35. The first kappa shape index (κ1) is 16.4. The highest BCUT2D eigenvalue weighted by molar-refractivity contribution is 5.75. The van der Waals surface area contributed by atoms with Gasteiger partial charge in [-0.05, 0) is 41.3 Å². The van der Waals surface area contributed by atoms with Gasteiger partial charge in [-0.3, -0.25) is 9.36 Å². The lowest BCUT2D eigenvalue weighted by Crippen LogP contribution is -2.40. The van der Waals surface area contributed by atoms with Crippen molar-refractivity contribution < 1.29 is 4.79 Å². The number of carbonyl (C=O) groups excluding carboxylic acids is 1. The van der Waals surface area contributed by atoms with Crippen molar-refractivity contribution in [2.75, 3.05) is 13.1 Å². The zero-order valence-electron chi connectivity index (χ0n) is 14.3. The molecule has 0 spiro atoms. The molecule has 1 fully saturated rings. The van der Waals surface area contributed by atoms with Crippen molar-refractivity contribution in [2.45, 2.75) is 25.8 Å². The van der Waals surface area contributed by atoms with Gasteiger partial charge < -0.3 is 4.90 Å². The molecule has 9 nitrogen and oxygen atoms in total. The smallest absolute Gasteiger partial charge is 0.244 e. The summed E-state index contributed by atoms with van der Waals surface area (Å²) in [5, 5.41) is 19.2. The lowest BCUT2D eigenvalue weighted by molar-refractivity contribution is -0.133. The maximum absolute atomic E-state index is 12.3. The Labute approximate surface area is 150 Å². The molecule has 1 amide bonds. The van der Waals surface area contributed by atoms with Crippen LogP contribution in [0.3, 0.4) is 0 Å². The molecule has 2 aromatic heterocycles. The van der Waals surface area contributed by atoms with Gasteiger partial charge in [0.15, 0.2) is 0 Å². The minimum absolute atomic E-state index is 0.0585. The topological polar surface area (TPSA) is 94.6 Å². The molecule has 0 aliphatic carbocycles. The van der Waals surface area contributed by atoms with Crippen LogP contribution in [-0.4, -0.2) is 58.9 Å². The summed E-state index contributed by atoms with van der Waals surface area (Å²) in [6, 6.07) is 10.1. The van der Waals surface area contributed by atoms with Crippen LogP contribution in [0.1, 0.15) is 18.7 Å². The monoisotopic (exact) mass is 352 g/mol. The van der Waals surface area contributed by atoms with Gasteiger partial charge in [0.25, 0.3) is 0 Å². The van der Waals surface area contributed by atoms with Crippen molar-refractivity contribution in [1.29, 1.82) is 0 Å². The third-order valence-electron chi connectivity index (χ3n) is 4.78. The lowest BCUT2D eigenvalue weighted by atomic mass is 9.93. The quantitative estimate of drug-likeness (QED) is 0.672. The molecular weight excluding hydrogens is 332 g/mol. The number of likely N-dealkylation sites (tertiary alicyclic amines) is 1. The summed E-state index contributed by atoms with van der Waals surface area (Å²) in [6.45, 7) is 1.70. The molecule has 0 radical (unpaired) electrons. The largest absolute Gasteiger partial charge is 0.341 e. The highest BCUT2D eigenvalue weighted by Gasteiger charge is 2.24. The average molecular weight is 352 g/mol. The van der Waals surface area contributed by atoms with Crippen LogP contribution in [0.25, 0.3) is 5.69 Å². The van der Waals surface area contributed by atoms with Gasteiger partial charge in [-0.2, -0.15) is 0 Å². The summed E-state index contributed by atoms with van der Waals surface area (Å²) < 4.78 is 3.49. The third-order valence-corrected chi connectivity index (χ3v) is 4.78. The van der Waals surface area contributed by atoms with Gasteiger partial charge in [0, 0.05) is 25.2 Å². The van der Waals surface area contributed by atoms with Crippen molar-refractivity contribution in [3.63, 3.8) is 0 Å². The normalized spacial score (nSPS) is 15.3. The highest BCUT2D eigenvalue weighted by atomic mass is 16.2. The van der Waals surface area contributed by atoms with E-state index in [-0.39, 0.29) is 12.5 Å². The molecule has 3 heterocycles. The van der Waals surface area contributed by atoms with E-state index < -0.39 is 0 Å². The fraction of sp³-hybridized carbons (Fsp3) is 0.412. The van der Waals surface area contributed by atoms with E-state index in [9.17, 15) is 4.79 Å². The summed E-state index contributed by atoms with van der Waals surface area (Å²) in [5.41, 5.74) is 1.07. The van der Waals surface area contributed by atoms with Crippen molar-refractivity contribution >= 4 is 5.91 Å². The first-order chi connectivity index (χ1) is 12.8. The van der Waals surface area contributed by atoms with Crippen LogP contribution < -0.4 is 0 Å². The molecule has 3 aromatic rings. The van der Waals surface area contributed by atoms with Crippen molar-refractivity contribution in [1.82, 2.24) is 39.9 Å². The van der Waals surface area contributed by atoms with Crippen LogP contribution in [0.5, 0.6) is 0 Å². The van der Waals surface area contributed by atoms with Crippen molar-refractivity contribution in [3.8, 4) is 5.69 Å². The second-order valence-corrected chi connectivity index (χ2v) is 6.49. The molecule has 0 unspecified atom stereocenters. The van der Waals surface area contributed by atoms with Crippen LogP contribution in [0.4, 0.5) is 0 Å². The van der Waals surface area contributed by atoms with Crippen LogP contribution in [-0.2, 0) is 17.8 Å². The van der Waals surface area contributed by atoms with E-state index in [0.717, 1.165) is 43.9 Å². The van der Waals surface area contributed by atoms with E-state index >= 15 is 0 Å². The van der Waals surface area contributed by atoms with Gasteiger partial charge in [0.1, 0.15) is 25.0 Å². The minimum atomic E-state index is 0.0585. The van der Waals surface area contributed by atoms with E-state index in [1.807, 2.05) is 39.8 Å². The number of piperidine rings is 1. The zero-order chi connectivity index (χ0) is 17.8. The fourth-order valence-corrected chi connectivity index (χ4v) is 3.34. The fourth-order valence-electron chi connectivity index (χ4n) is 3.34. The Hall–Kier alpha value is -3.10. The predicted molar refractivity (Wildman–Crippen MR) is 92.2 cm³/mol. The molecule has 4 rings (SSSR count). The van der Waals surface area contributed by atoms with Gasteiger partial charge in [0.05, 0.1) is 0 Å². The molecule has 0 bridgehead atoms. The summed E-state index contributed by atoms with van der Waals surface area (Å²) in [4.78, 5) is 14.2. The van der Waals surface area contributed by atoms with Crippen LogP contribution in [0.15, 0.2) is 43.0 Å². The number of hydrogen-bond donors (Lipinski definition) is 0. The van der Waals surface area contributed by atoms with Gasteiger partial charge >= 0.3 is 0 Å². The minimum Gasteiger partial charge on any atom is -0.341 e. The molecule has 1 aromatic carbocycles. The summed E-state index contributed by atoms with van der Waals surface area (Å²) in [5.74, 6) is 1.52. The van der Waals surface area contributed by atoms with Gasteiger partial charge in [-0.1, -0.05) is 18.2 Å². The molecule has 1 aliphatic rings. The zero-order valence-corrected chi connectivity index (χ0v) is 14.3. The van der Waals surface area contributed by atoms with Gasteiger partial charge in [0.2, 0.25) is 5.91 Å². The molecule has 134 valence electrons. The van der Waals surface area contributed by atoms with Crippen molar-refractivity contribution in [2.24, 2.45) is 5.92 Å². The van der Waals surface area contributed by atoms with E-state index in [1.165, 1.54) is 11.0 Å². The lowest BCUT2D eigenvalue weighted by Gasteiger charge is -2.31. The number of aromatic nitrogens is 7. The first-order valence-electron chi connectivity index (χ1n) is 8.72. The molecule has 9 heteroatoms. The van der Waals surface area contributed by atoms with Gasteiger partial charge in [-0.15, -0.1) is 15.3 Å². The number of tetrazole rings is 1. The Morgan fingerprint density at radius 1 is 1.08 bits per heavy atom. The summed E-state index contributed by atoms with van der Waals surface area (Å²) in [7, 11) is 0. The van der Waals surface area contributed by atoms with Gasteiger partial charge in [-0.25, -0.2) is 4.68 Å². The Morgan fingerprint density at radius 2 is 1.88 bits per heavy atom. The molecule has 0 saturated carbocycles. The maximum Gasteiger partial charge on any atom is 0.244 e. The number of benzene rings is 1. The highest BCUT2D eigenvalue weighted by Crippen LogP contribution is 2.22. The molecular formula is C17H20N8O. The van der Waals surface area contributed by atoms with Crippen LogP contribution in [0, 0.1) is 5.92 Å². The number of rotatable bonds is 5. The maximum atomic E-state index is 12.3. The first-order valence-corrected chi connectivity index (χ1v) is 8.72. The Balaban J connectivity index is 1.33. The van der Waals surface area contributed by atoms with Crippen molar-refractivity contribution in [3.05, 3.63) is 48.8 Å². The van der Waals surface area contributed by atoms with E-state index in [1.54, 1.807) is 6.33 Å². The Bertz CT molecular complexity index is 837. The van der Waals surface area contributed by atoms with E-state index in [0.29, 0.717) is 5.92 Å². The number of para-hydroxylation sites is 1. The summed E-state index contributed by atoms with van der Waals surface area (Å²) in [6.07, 6.45) is 6.01. The molecule has 1 saturated heterocycles. The molecule has 26 heavy (non-hydrogen) atoms.